The molecule has 0 fully saturated rings. The Bertz CT molecular complexity index is 522. The Morgan fingerprint density at radius 1 is 1.15 bits per heavy atom. The second-order valence-electron chi connectivity index (χ2n) is 4.97. The van der Waals surface area contributed by atoms with Gasteiger partial charge in [0.1, 0.15) is 0 Å². The molecule has 0 radical (unpaired) electrons. The van der Waals surface area contributed by atoms with E-state index in [1.807, 2.05) is 30.5 Å². The zero-order valence-electron chi connectivity index (χ0n) is 12.0. The van der Waals surface area contributed by atoms with Gasteiger partial charge in [-0.3, -0.25) is 0 Å². The third-order valence-corrected chi connectivity index (χ3v) is 3.64. The van der Waals surface area contributed by atoms with E-state index in [-0.39, 0.29) is 0 Å². The average molecular weight is 292 g/mol. The van der Waals surface area contributed by atoms with Gasteiger partial charge in [-0.25, -0.2) is 4.98 Å². The molecule has 0 aliphatic carbocycles. The molecule has 0 bridgehead atoms. The number of imidazole rings is 1. The molecule has 0 amide bonds. The number of hydrogen-bond acceptors (Lipinski definition) is 2. The lowest BCUT2D eigenvalue weighted by Gasteiger charge is -2.03. The Labute approximate surface area is 125 Å². The fourth-order valence-electron chi connectivity index (χ4n) is 2.16. The van der Waals surface area contributed by atoms with Crippen molar-refractivity contribution in [3.63, 3.8) is 0 Å². The number of H-pyrrole nitrogens is 1. The highest BCUT2D eigenvalue weighted by molar-refractivity contribution is 6.33. The van der Waals surface area contributed by atoms with Crippen LogP contribution in [0.4, 0.5) is 5.95 Å². The number of unbranched alkanes of at least 4 members (excludes halogenated alkanes) is 4. The van der Waals surface area contributed by atoms with Gasteiger partial charge in [0.05, 0.1) is 11.9 Å². The van der Waals surface area contributed by atoms with Gasteiger partial charge in [0, 0.05) is 17.1 Å². The SMILES string of the molecule is CCCCCCCNc1ncc(-c2ccccc2Cl)[nH]1. The molecule has 3 nitrogen and oxygen atoms in total. The monoisotopic (exact) mass is 291 g/mol. The Morgan fingerprint density at radius 2 is 1.95 bits per heavy atom. The predicted octanol–water partition coefficient (Wildman–Crippen LogP) is 5.11. The summed E-state index contributed by atoms with van der Waals surface area (Å²) in [6.45, 7) is 3.19. The van der Waals surface area contributed by atoms with Crippen molar-refractivity contribution < 1.29 is 0 Å². The van der Waals surface area contributed by atoms with Crippen LogP contribution in [-0.2, 0) is 0 Å². The molecule has 4 heteroatoms. The zero-order chi connectivity index (χ0) is 14.2. The highest BCUT2D eigenvalue weighted by Crippen LogP contribution is 2.26. The van der Waals surface area contributed by atoms with Gasteiger partial charge >= 0.3 is 0 Å². The van der Waals surface area contributed by atoms with Crippen molar-refractivity contribution in [3.8, 4) is 11.3 Å². The maximum absolute atomic E-state index is 6.18. The fraction of sp³-hybridized carbons (Fsp3) is 0.438. The van der Waals surface area contributed by atoms with E-state index in [2.05, 4.69) is 22.2 Å². The van der Waals surface area contributed by atoms with Gasteiger partial charge in [-0.05, 0) is 12.5 Å². The highest BCUT2D eigenvalue weighted by atomic mass is 35.5. The number of nitrogens with zero attached hydrogens (tertiary/aromatic N) is 1. The maximum Gasteiger partial charge on any atom is 0.200 e. The number of anilines is 1. The van der Waals surface area contributed by atoms with Crippen molar-refractivity contribution >= 4 is 17.5 Å². The number of halogens is 1. The van der Waals surface area contributed by atoms with E-state index in [9.17, 15) is 0 Å². The minimum Gasteiger partial charge on any atom is -0.356 e. The maximum atomic E-state index is 6.18. The summed E-state index contributed by atoms with van der Waals surface area (Å²) < 4.78 is 0. The van der Waals surface area contributed by atoms with E-state index in [1.165, 1.54) is 32.1 Å². The van der Waals surface area contributed by atoms with Crippen molar-refractivity contribution in [1.82, 2.24) is 9.97 Å². The quantitative estimate of drug-likeness (QED) is 0.663. The number of aromatic amines is 1. The first-order valence-corrected chi connectivity index (χ1v) is 7.73. The van der Waals surface area contributed by atoms with E-state index in [0.29, 0.717) is 0 Å². The van der Waals surface area contributed by atoms with Crippen LogP contribution < -0.4 is 5.32 Å². The third-order valence-electron chi connectivity index (χ3n) is 3.31. The summed E-state index contributed by atoms with van der Waals surface area (Å²) in [5, 5.41) is 4.06. The van der Waals surface area contributed by atoms with Gasteiger partial charge in [0.2, 0.25) is 5.95 Å². The van der Waals surface area contributed by atoms with Crippen molar-refractivity contribution in [2.75, 3.05) is 11.9 Å². The number of hydrogen-bond donors (Lipinski definition) is 2. The van der Waals surface area contributed by atoms with E-state index < -0.39 is 0 Å². The molecule has 1 aromatic heterocycles. The zero-order valence-corrected chi connectivity index (χ0v) is 12.7. The van der Waals surface area contributed by atoms with Crippen LogP contribution in [0.2, 0.25) is 5.02 Å². The average Bonchev–Trinajstić information content (AvgIpc) is 2.92. The van der Waals surface area contributed by atoms with Gasteiger partial charge in [0.15, 0.2) is 0 Å². The Hall–Kier alpha value is -1.48. The lowest BCUT2D eigenvalue weighted by Crippen LogP contribution is -2.02. The molecule has 108 valence electrons. The topological polar surface area (TPSA) is 40.7 Å². The summed E-state index contributed by atoms with van der Waals surface area (Å²) in [5.74, 6) is 0.815. The lowest BCUT2D eigenvalue weighted by atomic mass is 10.1. The van der Waals surface area contributed by atoms with Crippen LogP contribution in [0.1, 0.15) is 39.0 Å². The first-order chi connectivity index (χ1) is 9.81. The largest absolute Gasteiger partial charge is 0.356 e. The summed E-state index contributed by atoms with van der Waals surface area (Å²) in [6, 6.07) is 7.78. The van der Waals surface area contributed by atoms with Crippen LogP contribution in [0.25, 0.3) is 11.3 Å². The summed E-state index contributed by atoms with van der Waals surface area (Å²) in [4.78, 5) is 7.61. The molecule has 1 heterocycles. The molecule has 1 aromatic carbocycles. The van der Waals surface area contributed by atoms with Gasteiger partial charge in [-0.2, -0.15) is 0 Å². The van der Waals surface area contributed by atoms with Crippen molar-refractivity contribution in [2.45, 2.75) is 39.0 Å². The Morgan fingerprint density at radius 3 is 2.75 bits per heavy atom. The molecular weight excluding hydrogens is 270 g/mol. The second-order valence-corrected chi connectivity index (χ2v) is 5.37. The van der Waals surface area contributed by atoms with Crippen LogP contribution in [0, 0.1) is 0 Å². The van der Waals surface area contributed by atoms with Crippen LogP contribution in [0.5, 0.6) is 0 Å². The molecule has 0 saturated carbocycles. The van der Waals surface area contributed by atoms with E-state index in [1.54, 1.807) is 0 Å². The summed E-state index contributed by atoms with van der Waals surface area (Å²) >= 11 is 6.18. The van der Waals surface area contributed by atoms with Crippen LogP contribution in [0.3, 0.4) is 0 Å². The molecule has 0 aliphatic rings. The highest BCUT2D eigenvalue weighted by Gasteiger charge is 2.05. The van der Waals surface area contributed by atoms with Crippen LogP contribution in [-0.4, -0.2) is 16.5 Å². The molecule has 0 unspecified atom stereocenters. The molecule has 2 N–H and O–H groups in total. The Kier molecular flexibility index (Phi) is 5.93. The van der Waals surface area contributed by atoms with Crippen LogP contribution >= 0.6 is 11.6 Å². The van der Waals surface area contributed by atoms with E-state index in [4.69, 9.17) is 11.6 Å². The molecule has 0 spiro atoms. The third kappa shape index (κ3) is 4.27. The van der Waals surface area contributed by atoms with Gasteiger partial charge in [-0.15, -0.1) is 0 Å². The summed E-state index contributed by atoms with van der Waals surface area (Å²) in [6.07, 6.45) is 8.22. The molecule has 2 aromatic rings. The van der Waals surface area contributed by atoms with Crippen molar-refractivity contribution in [3.05, 3.63) is 35.5 Å². The molecule has 0 aliphatic heterocycles. The van der Waals surface area contributed by atoms with Crippen molar-refractivity contribution in [1.29, 1.82) is 0 Å². The molecule has 0 atom stereocenters. The first-order valence-electron chi connectivity index (χ1n) is 7.35. The van der Waals surface area contributed by atoms with Crippen molar-refractivity contribution in [2.24, 2.45) is 0 Å². The van der Waals surface area contributed by atoms with Gasteiger partial charge in [0.25, 0.3) is 0 Å². The smallest absolute Gasteiger partial charge is 0.200 e. The Balaban J connectivity index is 1.82. The van der Waals surface area contributed by atoms with Gasteiger partial charge in [-0.1, -0.05) is 62.4 Å². The number of rotatable bonds is 8. The summed E-state index contributed by atoms with van der Waals surface area (Å²) in [5.41, 5.74) is 1.93. The lowest BCUT2D eigenvalue weighted by molar-refractivity contribution is 0.644. The van der Waals surface area contributed by atoms with E-state index in [0.717, 1.165) is 28.8 Å². The standard InChI is InChI=1S/C16H22ClN3/c1-2-3-4-5-8-11-18-16-19-12-15(20-16)13-9-6-7-10-14(13)17/h6-7,9-10,12H,2-5,8,11H2,1H3,(H2,18,19,20). The molecule has 20 heavy (non-hydrogen) atoms. The number of nitrogens with one attached hydrogen (secondary N) is 2. The second kappa shape index (κ2) is 7.95. The summed E-state index contributed by atoms with van der Waals surface area (Å²) in [7, 11) is 0. The fourth-order valence-corrected chi connectivity index (χ4v) is 2.40. The van der Waals surface area contributed by atoms with E-state index >= 15 is 0 Å². The first kappa shape index (κ1) is 14.9. The number of benzene rings is 1. The minimum absolute atomic E-state index is 0.738. The molecule has 0 saturated heterocycles. The van der Waals surface area contributed by atoms with Gasteiger partial charge < -0.3 is 10.3 Å². The minimum atomic E-state index is 0.738. The number of aromatic nitrogens is 2. The molecular formula is C16H22ClN3. The van der Waals surface area contributed by atoms with Crippen LogP contribution in [0.15, 0.2) is 30.5 Å². The normalized spacial score (nSPS) is 10.7. The predicted molar refractivity (Wildman–Crippen MR) is 86.3 cm³/mol. The molecule has 2 rings (SSSR count).